The SMILES string of the molecule is CNc1cnc(C)c(NC(=O)c2cnn3cc(-c4cnn(CCOC)c4)sc23)c1. The Morgan fingerprint density at radius 1 is 1.24 bits per heavy atom. The molecule has 0 saturated carbocycles. The Morgan fingerprint density at radius 3 is 2.90 bits per heavy atom. The molecule has 4 aromatic rings. The van der Waals surface area contributed by atoms with Gasteiger partial charge in [0.2, 0.25) is 0 Å². The molecule has 0 saturated heterocycles. The highest BCUT2D eigenvalue weighted by molar-refractivity contribution is 7.21. The van der Waals surface area contributed by atoms with Crippen LogP contribution in [0.15, 0.2) is 37.1 Å². The number of pyridine rings is 1. The van der Waals surface area contributed by atoms with E-state index in [0.29, 0.717) is 24.4 Å². The van der Waals surface area contributed by atoms with Gasteiger partial charge >= 0.3 is 0 Å². The summed E-state index contributed by atoms with van der Waals surface area (Å²) >= 11 is 1.50. The van der Waals surface area contributed by atoms with Gasteiger partial charge in [0, 0.05) is 32.1 Å². The van der Waals surface area contributed by atoms with Gasteiger partial charge in [0.15, 0.2) is 0 Å². The lowest BCUT2D eigenvalue weighted by Gasteiger charge is -2.09. The number of ether oxygens (including phenoxy) is 1. The Balaban J connectivity index is 1.59. The number of carbonyl (C=O) groups excluding carboxylic acids is 1. The molecule has 4 rings (SSSR count). The molecule has 0 aliphatic rings. The molecule has 2 N–H and O–H groups in total. The standard InChI is InChI=1S/C19H21N7O2S/c1-12-16(6-14(20-2)8-21-12)24-18(27)15-9-23-26-11-17(29-19(15)26)13-7-22-25(10-13)4-5-28-3/h6-11,20H,4-5H2,1-3H3,(H,24,27). The molecular formula is C19H21N7O2S. The molecule has 4 heterocycles. The number of amides is 1. The highest BCUT2D eigenvalue weighted by Gasteiger charge is 2.18. The number of nitrogens with one attached hydrogen (secondary N) is 2. The number of carbonyl (C=O) groups is 1. The highest BCUT2D eigenvalue weighted by atomic mass is 32.1. The van der Waals surface area contributed by atoms with Gasteiger partial charge in [-0.15, -0.1) is 11.3 Å². The van der Waals surface area contributed by atoms with Crippen LogP contribution in [-0.4, -0.2) is 51.1 Å². The normalized spacial score (nSPS) is 11.1. The Morgan fingerprint density at radius 2 is 2.10 bits per heavy atom. The molecule has 0 aromatic carbocycles. The first-order valence-electron chi connectivity index (χ1n) is 9.03. The number of hydrogen-bond donors (Lipinski definition) is 2. The summed E-state index contributed by atoms with van der Waals surface area (Å²) < 4.78 is 8.64. The van der Waals surface area contributed by atoms with E-state index in [4.69, 9.17) is 4.74 Å². The zero-order valence-corrected chi connectivity index (χ0v) is 17.2. The van der Waals surface area contributed by atoms with Crippen molar-refractivity contribution in [3.05, 3.63) is 48.3 Å². The van der Waals surface area contributed by atoms with Crippen molar-refractivity contribution >= 4 is 33.4 Å². The van der Waals surface area contributed by atoms with Crippen molar-refractivity contribution in [3.63, 3.8) is 0 Å². The smallest absolute Gasteiger partial charge is 0.260 e. The van der Waals surface area contributed by atoms with Crippen molar-refractivity contribution in [2.45, 2.75) is 13.5 Å². The fraction of sp³-hybridized carbons (Fsp3) is 0.263. The van der Waals surface area contributed by atoms with Gasteiger partial charge in [-0.25, -0.2) is 4.52 Å². The number of thiazole rings is 1. The molecule has 9 nitrogen and oxygen atoms in total. The van der Waals surface area contributed by atoms with Crippen molar-refractivity contribution in [1.82, 2.24) is 24.4 Å². The van der Waals surface area contributed by atoms with Crippen LogP contribution < -0.4 is 10.6 Å². The first kappa shape index (κ1) is 19.1. The zero-order valence-electron chi connectivity index (χ0n) is 16.3. The van der Waals surface area contributed by atoms with Gasteiger partial charge in [0.1, 0.15) is 4.83 Å². The zero-order chi connectivity index (χ0) is 20.4. The number of aromatic nitrogens is 5. The Labute approximate surface area is 171 Å². The molecule has 150 valence electrons. The van der Waals surface area contributed by atoms with E-state index in [0.717, 1.165) is 26.7 Å². The summed E-state index contributed by atoms with van der Waals surface area (Å²) in [5.41, 5.74) is 3.73. The van der Waals surface area contributed by atoms with Crippen molar-refractivity contribution in [1.29, 1.82) is 0 Å². The maximum atomic E-state index is 12.9. The maximum Gasteiger partial charge on any atom is 0.260 e. The third kappa shape index (κ3) is 3.84. The monoisotopic (exact) mass is 411 g/mol. The van der Waals surface area contributed by atoms with E-state index >= 15 is 0 Å². The number of rotatable bonds is 7. The summed E-state index contributed by atoms with van der Waals surface area (Å²) in [6, 6.07) is 1.86. The lowest BCUT2D eigenvalue weighted by atomic mass is 10.2. The van der Waals surface area contributed by atoms with Crippen LogP contribution in [0.25, 0.3) is 15.3 Å². The summed E-state index contributed by atoms with van der Waals surface area (Å²) in [6.45, 7) is 3.14. The van der Waals surface area contributed by atoms with E-state index < -0.39 is 0 Å². The predicted octanol–water partition coefficient (Wildman–Crippen LogP) is 2.90. The van der Waals surface area contributed by atoms with Crippen LogP contribution in [0.3, 0.4) is 0 Å². The molecule has 0 bridgehead atoms. The average Bonchev–Trinajstić information content (AvgIpc) is 3.43. The highest BCUT2D eigenvalue weighted by Crippen LogP contribution is 2.30. The number of nitrogens with zero attached hydrogens (tertiary/aromatic N) is 5. The van der Waals surface area contributed by atoms with Gasteiger partial charge in [-0.2, -0.15) is 10.2 Å². The molecule has 0 unspecified atom stereocenters. The van der Waals surface area contributed by atoms with Gasteiger partial charge in [-0.3, -0.25) is 14.5 Å². The van der Waals surface area contributed by atoms with Crippen LogP contribution in [0.4, 0.5) is 11.4 Å². The number of methoxy groups -OCH3 is 1. The van der Waals surface area contributed by atoms with E-state index in [1.54, 1.807) is 30.2 Å². The first-order valence-corrected chi connectivity index (χ1v) is 9.85. The molecule has 0 fully saturated rings. The topological polar surface area (TPSA) is 98.4 Å². The fourth-order valence-electron chi connectivity index (χ4n) is 2.86. The van der Waals surface area contributed by atoms with Crippen molar-refractivity contribution in [2.24, 2.45) is 0 Å². The van der Waals surface area contributed by atoms with Gasteiger partial charge in [-0.05, 0) is 13.0 Å². The number of hydrogen-bond acceptors (Lipinski definition) is 7. The lowest BCUT2D eigenvalue weighted by Crippen LogP contribution is -2.13. The second-order valence-corrected chi connectivity index (χ2v) is 7.48. The molecular weight excluding hydrogens is 390 g/mol. The number of anilines is 2. The second kappa shape index (κ2) is 8.02. The summed E-state index contributed by atoms with van der Waals surface area (Å²) in [4.78, 5) is 18.9. The summed E-state index contributed by atoms with van der Waals surface area (Å²) in [7, 11) is 3.47. The third-order valence-corrected chi connectivity index (χ3v) is 5.67. The Bertz CT molecular complexity index is 1160. The van der Waals surface area contributed by atoms with Crippen LogP contribution in [0, 0.1) is 6.92 Å². The van der Waals surface area contributed by atoms with Crippen LogP contribution in [-0.2, 0) is 11.3 Å². The van der Waals surface area contributed by atoms with Crippen LogP contribution in [0.1, 0.15) is 16.1 Å². The van der Waals surface area contributed by atoms with Crippen LogP contribution in [0.2, 0.25) is 0 Å². The molecule has 0 atom stereocenters. The molecule has 1 amide bonds. The number of aryl methyl sites for hydroxylation is 1. The summed E-state index contributed by atoms with van der Waals surface area (Å²) in [5, 5.41) is 14.6. The first-order chi connectivity index (χ1) is 14.1. The minimum Gasteiger partial charge on any atom is -0.387 e. The molecule has 0 spiro atoms. The van der Waals surface area contributed by atoms with E-state index in [1.165, 1.54) is 11.3 Å². The van der Waals surface area contributed by atoms with E-state index in [9.17, 15) is 4.79 Å². The largest absolute Gasteiger partial charge is 0.387 e. The summed E-state index contributed by atoms with van der Waals surface area (Å²) in [6.07, 6.45) is 8.98. The molecule has 29 heavy (non-hydrogen) atoms. The minimum absolute atomic E-state index is 0.220. The van der Waals surface area contributed by atoms with Crippen LogP contribution >= 0.6 is 11.3 Å². The maximum absolute atomic E-state index is 12.9. The predicted molar refractivity (Wildman–Crippen MR) is 113 cm³/mol. The third-order valence-electron chi connectivity index (χ3n) is 4.51. The van der Waals surface area contributed by atoms with E-state index in [1.807, 2.05) is 37.1 Å². The quantitative estimate of drug-likeness (QED) is 0.485. The van der Waals surface area contributed by atoms with Gasteiger partial charge < -0.3 is 15.4 Å². The second-order valence-electron chi connectivity index (χ2n) is 6.45. The molecule has 0 aliphatic heterocycles. The van der Waals surface area contributed by atoms with Gasteiger partial charge in [0.05, 0.1) is 59.3 Å². The van der Waals surface area contributed by atoms with Crippen molar-refractivity contribution in [2.75, 3.05) is 31.4 Å². The van der Waals surface area contributed by atoms with E-state index in [2.05, 4.69) is 25.8 Å². The minimum atomic E-state index is -0.220. The van der Waals surface area contributed by atoms with Gasteiger partial charge in [-0.1, -0.05) is 0 Å². The fourth-order valence-corrected chi connectivity index (χ4v) is 3.89. The molecule has 10 heteroatoms. The molecule has 0 aliphatic carbocycles. The molecule has 0 radical (unpaired) electrons. The van der Waals surface area contributed by atoms with Gasteiger partial charge in [0.25, 0.3) is 5.91 Å². The Hall–Kier alpha value is -3.24. The molecule has 4 aromatic heterocycles. The van der Waals surface area contributed by atoms with Crippen molar-refractivity contribution < 1.29 is 9.53 Å². The lowest BCUT2D eigenvalue weighted by molar-refractivity contribution is 0.102. The van der Waals surface area contributed by atoms with Crippen molar-refractivity contribution in [3.8, 4) is 10.4 Å². The van der Waals surface area contributed by atoms with E-state index in [-0.39, 0.29) is 5.91 Å². The summed E-state index contributed by atoms with van der Waals surface area (Å²) in [5.74, 6) is -0.220. The average molecular weight is 411 g/mol. The van der Waals surface area contributed by atoms with Crippen LogP contribution in [0.5, 0.6) is 0 Å². The Kier molecular flexibility index (Phi) is 5.28. The number of fused-ring (bicyclic) bond motifs is 1.